The van der Waals surface area contributed by atoms with Crippen LogP contribution in [0.1, 0.15) is 18.2 Å². The zero-order valence-electron chi connectivity index (χ0n) is 15.6. The minimum atomic E-state index is -0.585. The molecule has 3 aromatic rings. The SMILES string of the molecule is Cc1nn(C)c(NC(=O)C(C)OCc2ccccc2)c1-c1ccc(Br)cc1. The number of aromatic nitrogens is 2. The highest BCUT2D eigenvalue weighted by Crippen LogP contribution is 2.32. The molecule has 140 valence electrons. The van der Waals surface area contributed by atoms with E-state index in [0.29, 0.717) is 12.4 Å². The third-order valence-corrected chi connectivity index (χ3v) is 4.84. The molecule has 1 heterocycles. The number of rotatable bonds is 6. The topological polar surface area (TPSA) is 56.2 Å². The van der Waals surface area contributed by atoms with Crippen LogP contribution in [0.2, 0.25) is 0 Å². The van der Waals surface area contributed by atoms with E-state index in [-0.39, 0.29) is 5.91 Å². The Kier molecular flexibility index (Phi) is 6.08. The van der Waals surface area contributed by atoms with Crippen LogP contribution < -0.4 is 5.32 Å². The lowest BCUT2D eigenvalue weighted by Gasteiger charge is -2.15. The van der Waals surface area contributed by atoms with Gasteiger partial charge in [-0.15, -0.1) is 0 Å². The summed E-state index contributed by atoms with van der Waals surface area (Å²) in [5.74, 6) is 0.460. The number of aryl methyl sites for hydroxylation is 2. The maximum atomic E-state index is 12.6. The zero-order valence-corrected chi connectivity index (χ0v) is 17.2. The number of anilines is 1. The van der Waals surface area contributed by atoms with Gasteiger partial charge in [-0.2, -0.15) is 5.10 Å². The fraction of sp³-hybridized carbons (Fsp3) is 0.238. The van der Waals surface area contributed by atoms with Crippen molar-refractivity contribution >= 4 is 27.7 Å². The molecule has 1 N–H and O–H groups in total. The zero-order chi connectivity index (χ0) is 19.4. The fourth-order valence-corrected chi connectivity index (χ4v) is 3.12. The van der Waals surface area contributed by atoms with Crippen LogP contribution in [0.5, 0.6) is 0 Å². The maximum Gasteiger partial charge on any atom is 0.254 e. The summed E-state index contributed by atoms with van der Waals surface area (Å²) < 4.78 is 8.41. The summed E-state index contributed by atoms with van der Waals surface area (Å²) in [6.07, 6.45) is -0.585. The van der Waals surface area contributed by atoms with E-state index >= 15 is 0 Å². The van der Waals surface area contributed by atoms with Crippen LogP contribution in [0.4, 0.5) is 5.82 Å². The molecule has 5 nitrogen and oxygen atoms in total. The number of nitrogens with one attached hydrogen (secondary N) is 1. The number of nitrogens with zero attached hydrogens (tertiary/aromatic N) is 2. The van der Waals surface area contributed by atoms with Gasteiger partial charge in [-0.25, -0.2) is 0 Å². The van der Waals surface area contributed by atoms with E-state index in [1.165, 1.54) is 0 Å². The number of amides is 1. The molecule has 3 rings (SSSR count). The second kappa shape index (κ2) is 8.50. The number of carbonyl (C=O) groups excluding carboxylic acids is 1. The molecule has 0 saturated carbocycles. The lowest BCUT2D eigenvalue weighted by molar-refractivity contribution is -0.127. The highest BCUT2D eigenvalue weighted by Gasteiger charge is 2.20. The molecular weight excluding hydrogens is 406 g/mol. The number of halogens is 1. The molecule has 1 aromatic heterocycles. The molecule has 1 unspecified atom stereocenters. The molecule has 0 aliphatic rings. The third-order valence-electron chi connectivity index (χ3n) is 4.31. The van der Waals surface area contributed by atoms with E-state index in [0.717, 1.165) is 26.9 Å². The Morgan fingerprint density at radius 3 is 2.52 bits per heavy atom. The van der Waals surface area contributed by atoms with Crippen molar-refractivity contribution in [1.82, 2.24) is 9.78 Å². The summed E-state index contributed by atoms with van der Waals surface area (Å²) in [7, 11) is 1.82. The Balaban J connectivity index is 1.74. The van der Waals surface area contributed by atoms with Crippen LogP contribution >= 0.6 is 15.9 Å². The first kappa shape index (κ1) is 19.3. The lowest BCUT2D eigenvalue weighted by atomic mass is 10.1. The van der Waals surface area contributed by atoms with Crippen molar-refractivity contribution in [1.29, 1.82) is 0 Å². The average molecular weight is 428 g/mol. The fourth-order valence-electron chi connectivity index (χ4n) is 2.85. The van der Waals surface area contributed by atoms with Crippen molar-refractivity contribution in [2.75, 3.05) is 5.32 Å². The van der Waals surface area contributed by atoms with Crippen molar-refractivity contribution in [2.24, 2.45) is 7.05 Å². The van der Waals surface area contributed by atoms with Crippen LogP contribution in [0.25, 0.3) is 11.1 Å². The summed E-state index contributed by atoms with van der Waals surface area (Å²) in [6.45, 7) is 4.07. The Labute approximate surface area is 167 Å². The van der Waals surface area contributed by atoms with Gasteiger partial charge < -0.3 is 10.1 Å². The highest BCUT2D eigenvalue weighted by molar-refractivity contribution is 9.10. The summed E-state index contributed by atoms with van der Waals surface area (Å²) in [6, 6.07) is 17.7. The summed E-state index contributed by atoms with van der Waals surface area (Å²) in [5, 5.41) is 7.44. The normalized spacial score (nSPS) is 12.0. The van der Waals surface area contributed by atoms with Crippen LogP contribution in [0.15, 0.2) is 59.1 Å². The second-order valence-electron chi connectivity index (χ2n) is 6.37. The number of hydrogen-bond donors (Lipinski definition) is 1. The van der Waals surface area contributed by atoms with Gasteiger partial charge in [-0.3, -0.25) is 9.48 Å². The molecule has 0 aliphatic carbocycles. The van der Waals surface area contributed by atoms with Crippen LogP contribution in [0.3, 0.4) is 0 Å². The van der Waals surface area contributed by atoms with Gasteiger partial charge in [-0.05, 0) is 37.1 Å². The van der Waals surface area contributed by atoms with Gasteiger partial charge in [0.15, 0.2) is 0 Å². The molecule has 0 aliphatic heterocycles. The predicted molar refractivity (Wildman–Crippen MR) is 110 cm³/mol. The number of benzene rings is 2. The molecular formula is C21H22BrN3O2. The van der Waals surface area contributed by atoms with Gasteiger partial charge in [0.2, 0.25) is 0 Å². The number of hydrogen-bond acceptors (Lipinski definition) is 3. The quantitative estimate of drug-likeness (QED) is 0.619. The molecule has 0 fully saturated rings. The minimum Gasteiger partial charge on any atom is -0.364 e. The monoisotopic (exact) mass is 427 g/mol. The standard InChI is InChI=1S/C21H22BrN3O2/c1-14-19(17-9-11-18(22)12-10-17)20(25(3)24-14)23-21(26)15(2)27-13-16-7-5-4-6-8-16/h4-12,15H,13H2,1-3H3,(H,23,26). The number of ether oxygens (including phenoxy) is 1. The Morgan fingerprint density at radius 2 is 1.85 bits per heavy atom. The van der Waals surface area contributed by atoms with Crippen molar-refractivity contribution in [3.8, 4) is 11.1 Å². The molecule has 0 spiro atoms. The molecule has 1 atom stereocenters. The van der Waals surface area contributed by atoms with Crippen LogP contribution in [-0.2, 0) is 23.2 Å². The molecule has 2 aromatic carbocycles. The second-order valence-corrected chi connectivity index (χ2v) is 7.28. The molecule has 27 heavy (non-hydrogen) atoms. The lowest BCUT2D eigenvalue weighted by Crippen LogP contribution is -2.28. The van der Waals surface area contributed by atoms with Crippen molar-refractivity contribution in [2.45, 2.75) is 26.6 Å². The van der Waals surface area contributed by atoms with Crippen LogP contribution in [0, 0.1) is 6.92 Å². The van der Waals surface area contributed by atoms with E-state index < -0.39 is 6.10 Å². The summed E-state index contributed by atoms with van der Waals surface area (Å²) in [5.41, 5.74) is 3.79. The molecule has 1 amide bonds. The first-order chi connectivity index (χ1) is 13.0. The summed E-state index contributed by atoms with van der Waals surface area (Å²) in [4.78, 5) is 12.6. The smallest absolute Gasteiger partial charge is 0.254 e. The van der Waals surface area contributed by atoms with E-state index in [9.17, 15) is 4.79 Å². The molecule has 0 saturated heterocycles. The van der Waals surface area contributed by atoms with Gasteiger partial charge in [0, 0.05) is 17.1 Å². The van der Waals surface area contributed by atoms with Gasteiger partial charge in [0.05, 0.1) is 12.3 Å². The third kappa shape index (κ3) is 4.64. The molecule has 6 heteroatoms. The van der Waals surface area contributed by atoms with Crippen molar-refractivity contribution < 1.29 is 9.53 Å². The Bertz CT molecular complexity index is 921. The van der Waals surface area contributed by atoms with Gasteiger partial charge in [0.1, 0.15) is 11.9 Å². The summed E-state index contributed by atoms with van der Waals surface area (Å²) >= 11 is 3.45. The first-order valence-electron chi connectivity index (χ1n) is 8.71. The largest absolute Gasteiger partial charge is 0.364 e. The van der Waals surface area contributed by atoms with E-state index in [1.54, 1.807) is 11.6 Å². The van der Waals surface area contributed by atoms with E-state index in [4.69, 9.17) is 4.74 Å². The predicted octanol–water partition coefficient (Wildman–Crippen LogP) is 4.70. The van der Waals surface area contributed by atoms with Gasteiger partial charge >= 0.3 is 0 Å². The van der Waals surface area contributed by atoms with Gasteiger partial charge in [0.25, 0.3) is 5.91 Å². The molecule has 0 radical (unpaired) electrons. The Morgan fingerprint density at radius 1 is 1.19 bits per heavy atom. The maximum absolute atomic E-state index is 12.6. The van der Waals surface area contributed by atoms with Crippen LogP contribution in [-0.4, -0.2) is 21.8 Å². The number of carbonyl (C=O) groups is 1. The van der Waals surface area contributed by atoms with Crippen molar-refractivity contribution in [3.05, 3.63) is 70.3 Å². The Hall–Kier alpha value is -2.44. The van der Waals surface area contributed by atoms with E-state index in [2.05, 4.69) is 26.3 Å². The minimum absolute atomic E-state index is 0.202. The average Bonchev–Trinajstić information content (AvgIpc) is 2.94. The highest BCUT2D eigenvalue weighted by atomic mass is 79.9. The van der Waals surface area contributed by atoms with Gasteiger partial charge in [-0.1, -0.05) is 58.4 Å². The van der Waals surface area contributed by atoms with E-state index in [1.807, 2.05) is 68.6 Å². The van der Waals surface area contributed by atoms with Crippen molar-refractivity contribution in [3.63, 3.8) is 0 Å². The molecule has 0 bridgehead atoms. The first-order valence-corrected chi connectivity index (χ1v) is 9.51.